The number of hydrogen-bond donors (Lipinski definition) is 0. The summed E-state index contributed by atoms with van der Waals surface area (Å²) in [5.41, 5.74) is 1.90. The zero-order valence-electron chi connectivity index (χ0n) is 10.9. The van der Waals surface area contributed by atoms with Crippen molar-refractivity contribution in [3.63, 3.8) is 0 Å². The average Bonchev–Trinajstić information content (AvgIpc) is 2.80. The van der Waals surface area contributed by atoms with Crippen LogP contribution in [0.2, 0.25) is 0 Å². The standard InChI is InChI=1S/C15H10BrClF2N2/c1-8(17)15-20-13-5-2-9(18)6-14(13)21(15)10-3-4-12(19)11(16)7-10/h2-8H,1H3. The molecule has 2 aromatic carbocycles. The molecule has 1 heterocycles. The molecule has 3 rings (SSSR count). The van der Waals surface area contributed by atoms with Gasteiger partial charge in [0.05, 0.1) is 20.9 Å². The topological polar surface area (TPSA) is 17.8 Å². The molecule has 3 aromatic rings. The number of fused-ring (bicyclic) bond motifs is 1. The Labute approximate surface area is 133 Å². The minimum atomic E-state index is -0.371. The van der Waals surface area contributed by atoms with Crippen molar-refractivity contribution in [2.24, 2.45) is 0 Å². The van der Waals surface area contributed by atoms with E-state index < -0.39 is 0 Å². The molecule has 0 aliphatic carbocycles. The van der Waals surface area contributed by atoms with E-state index in [-0.39, 0.29) is 17.0 Å². The van der Waals surface area contributed by atoms with Gasteiger partial charge in [0.25, 0.3) is 0 Å². The minimum absolute atomic E-state index is 0.325. The van der Waals surface area contributed by atoms with Crippen molar-refractivity contribution in [2.45, 2.75) is 12.3 Å². The van der Waals surface area contributed by atoms with Gasteiger partial charge in [-0.15, -0.1) is 11.6 Å². The molecular formula is C15H10BrClF2N2. The summed E-state index contributed by atoms with van der Waals surface area (Å²) in [6.07, 6.45) is 0. The summed E-state index contributed by atoms with van der Waals surface area (Å²) in [5.74, 6) is -0.149. The number of alkyl halides is 1. The highest BCUT2D eigenvalue weighted by Crippen LogP contribution is 2.30. The van der Waals surface area contributed by atoms with Crippen LogP contribution in [0.25, 0.3) is 16.7 Å². The lowest BCUT2D eigenvalue weighted by Gasteiger charge is -2.11. The van der Waals surface area contributed by atoms with E-state index in [4.69, 9.17) is 11.6 Å². The molecule has 1 unspecified atom stereocenters. The van der Waals surface area contributed by atoms with E-state index in [1.54, 1.807) is 29.7 Å². The maximum absolute atomic E-state index is 13.5. The van der Waals surface area contributed by atoms with Crippen LogP contribution in [-0.2, 0) is 0 Å². The monoisotopic (exact) mass is 370 g/mol. The molecule has 0 saturated carbocycles. The van der Waals surface area contributed by atoms with Gasteiger partial charge in [0.2, 0.25) is 0 Å². The summed E-state index contributed by atoms with van der Waals surface area (Å²) >= 11 is 9.33. The highest BCUT2D eigenvalue weighted by molar-refractivity contribution is 9.10. The molecule has 0 aliphatic heterocycles. The van der Waals surface area contributed by atoms with Crippen LogP contribution in [0.15, 0.2) is 40.9 Å². The highest BCUT2D eigenvalue weighted by Gasteiger charge is 2.17. The van der Waals surface area contributed by atoms with E-state index in [1.807, 2.05) is 0 Å². The summed E-state index contributed by atoms with van der Waals surface area (Å²) < 4.78 is 29.0. The summed E-state index contributed by atoms with van der Waals surface area (Å²) in [4.78, 5) is 4.44. The number of aromatic nitrogens is 2. The molecule has 0 radical (unpaired) electrons. The van der Waals surface area contributed by atoms with Crippen molar-refractivity contribution in [2.75, 3.05) is 0 Å². The predicted molar refractivity (Wildman–Crippen MR) is 83.0 cm³/mol. The van der Waals surface area contributed by atoms with E-state index in [0.29, 0.717) is 27.0 Å². The summed E-state index contributed by atoms with van der Waals surface area (Å²) in [6.45, 7) is 1.79. The van der Waals surface area contributed by atoms with Gasteiger partial charge >= 0.3 is 0 Å². The van der Waals surface area contributed by atoms with Crippen LogP contribution in [-0.4, -0.2) is 9.55 Å². The van der Waals surface area contributed by atoms with Crippen molar-refractivity contribution >= 4 is 38.6 Å². The quantitative estimate of drug-likeness (QED) is 0.554. The maximum Gasteiger partial charge on any atom is 0.137 e. The molecule has 0 N–H and O–H groups in total. The number of halogens is 4. The Morgan fingerprint density at radius 3 is 2.62 bits per heavy atom. The Morgan fingerprint density at radius 2 is 1.95 bits per heavy atom. The van der Waals surface area contributed by atoms with Crippen LogP contribution >= 0.6 is 27.5 Å². The summed E-state index contributed by atoms with van der Waals surface area (Å²) in [5, 5.41) is -0.371. The number of benzene rings is 2. The first-order chi connectivity index (χ1) is 9.97. The molecular weight excluding hydrogens is 362 g/mol. The van der Waals surface area contributed by atoms with Gasteiger partial charge in [-0.3, -0.25) is 4.57 Å². The molecule has 0 saturated heterocycles. The molecule has 21 heavy (non-hydrogen) atoms. The first kappa shape index (κ1) is 14.5. The number of nitrogens with zero attached hydrogens (tertiary/aromatic N) is 2. The van der Waals surface area contributed by atoms with Crippen LogP contribution < -0.4 is 0 Å². The number of hydrogen-bond acceptors (Lipinski definition) is 1. The fraction of sp³-hybridized carbons (Fsp3) is 0.133. The van der Waals surface area contributed by atoms with Crippen molar-refractivity contribution in [1.82, 2.24) is 9.55 Å². The van der Waals surface area contributed by atoms with Crippen molar-refractivity contribution in [3.05, 3.63) is 58.3 Å². The fourth-order valence-electron chi connectivity index (χ4n) is 2.23. The molecule has 1 aromatic heterocycles. The second-order valence-corrected chi connectivity index (χ2v) is 6.16. The second-order valence-electron chi connectivity index (χ2n) is 4.65. The molecule has 108 valence electrons. The third-order valence-electron chi connectivity index (χ3n) is 3.16. The highest BCUT2D eigenvalue weighted by atomic mass is 79.9. The predicted octanol–water partition coefficient (Wildman–Crippen LogP) is 5.37. The Morgan fingerprint density at radius 1 is 1.19 bits per heavy atom. The molecule has 1 atom stereocenters. The molecule has 0 bridgehead atoms. The van der Waals surface area contributed by atoms with Crippen molar-refractivity contribution in [1.29, 1.82) is 0 Å². The fourth-order valence-corrected chi connectivity index (χ4v) is 2.74. The van der Waals surface area contributed by atoms with Crippen LogP contribution in [0.1, 0.15) is 18.1 Å². The maximum atomic E-state index is 13.5. The van der Waals surface area contributed by atoms with Gasteiger partial charge < -0.3 is 0 Å². The van der Waals surface area contributed by atoms with E-state index in [9.17, 15) is 8.78 Å². The Balaban J connectivity index is 2.35. The molecule has 0 spiro atoms. The largest absolute Gasteiger partial charge is 0.295 e. The summed E-state index contributed by atoms with van der Waals surface area (Å²) in [7, 11) is 0. The van der Waals surface area contributed by atoms with Gasteiger partial charge in [-0.25, -0.2) is 13.8 Å². The normalized spacial score (nSPS) is 12.8. The Kier molecular flexibility index (Phi) is 3.71. The zero-order chi connectivity index (χ0) is 15.1. The van der Waals surface area contributed by atoms with Crippen molar-refractivity contribution < 1.29 is 8.78 Å². The van der Waals surface area contributed by atoms with E-state index in [0.717, 1.165) is 0 Å². The van der Waals surface area contributed by atoms with Crippen LogP contribution in [0.4, 0.5) is 8.78 Å². The molecule has 6 heteroatoms. The lowest BCUT2D eigenvalue weighted by Crippen LogP contribution is -2.02. The molecule has 0 amide bonds. The first-order valence-electron chi connectivity index (χ1n) is 6.25. The van der Waals surface area contributed by atoms with Gasteiger partial charge in [0, 0.05) is 11.8 Å². The third-order valence-corrected chi connectivity index (χ3v) is 3.96. The van der Waals surface area contributed by atoms with E-state index in [1.165, 1.54) is 18.2 Å². The van der Waals surface area contributed by atoms with Gasteiger partial charge in [-0.1, -0.05) is 0 Å². The van der Waals surface area contributed by atoms with Gasteiger partial charge in [-0.05, 0) is 53.2 Å². The SMILES string of the molecule is CC(Cl)c1nc2ccc(F)cc2n1-c1ccc(F)c(Br)c1. The van der Waals surface area contributed by atoms with Crippen LogP contribution in [0.5, 0.6) is 0 Å². The van der Waals surface area contributed by atoms with Gasteiger partial charge in [-0.2, -0.15) is 0 Å². The molecule has 0 aliphatic rings. The Bertz CT molecular complexity index is 830. The summed E-state index contributed by atoms with van der Waals surface area (Å²) in [6, 6.07) is 8.90. The van der Waals surface area contributed by atoms with Crippen LogP contribution in [0, 0.1) is 11.6 Å². The lowest BCUT2D eigenvalue weighted by molar-refractivity contribution is 0.620. The van der Waals surface area contributed by atoms with Crippen LogP contribution in [0.3, 0.4) is 0 Å². The van der Waals surface area contributed by atoms with Crippen molar-refractivity contribution in [3.8, 4) is 5.69 Å². The van der Waals surface area contributed by atoms with E-state index >= 15 is 0 Å². The zero-order valence-corrected chi connectivity index (χ0v) is 13.3. The van der Waals surface area contributed by atoms with Gasteiger partial charge in [0.15, 0.2) is 0 Å². The lowest BCUT2D eigenvalue weighted by atomic mass is 10.2. The van der Waals surface area contributed by atoms with Gasteiger partial charge in [0.1, 0.15) is 17.5 Å². The average molecular weight is 372 g/mol. The minimum Gasteiger partial charge on any atom is -0.295 e. The third kappa shape index (κ3) is 2.56. The second kappa shape index (κ2) is 5.39. The molecule has 2 nitrogen and oxygen atoms in total. The van der Waals surface area contributed by atoms with E-state index in [2.05, 4.69) is 20.9 Å². The number of imidazole rings is 1. The molecule has 0 fully saturated rings. The Hall–Kier alpha value is -1.46. The number of rotatable bonds is 2. The first-order valence-corrected chi connectivity index (χ1v) is 7.47. The smallest absolute Gasteiger partial charge is 0.137 e.